The molecule has 2 saturated heterocycles. The van der Waals surface area contributed by atoms with Crippen molar-refractivity contribution in [1.29, 1.82) is 0 Å². The van der Waals surface area contributed by atoms with Gasteiger partial charge in [0, 0.05) is 19.5 Å². The fourth-order valence-corrected chi connectivity index (χ4v) is 6.20. The van der Waals surface area contributed by atoms with Crippen LogP contribution < -0.4 is 5.32 Å². The van der Waals surface area contributed by atoms with Crippen LogP contribution in [0.15, 0.2) is 4.42 Å². The first-order valence-electron chi connectivity index (χ1n) is 17.1. The number of ether oxygens (including phenoxy) is 1. The number of piperidine rings is 1. The Hall–Kier alpha value is -2.49. The molecule has 2 bridgehead atoms. The number of unbranched alkanes of at least 4 members (excludes halogenated alkanes) is 4. The predicted molar refractivity (Wildman–Crippen MR) is 172 cm³/mol. The number of rotatable bonds is 18. The van der Waals surface area contributed by atoms with E-state index in [1.54, 1.807) is 20.8 Å². The zero-order chi connectivity index (χ0) is 34.4. The molecular weight excluding hydrogens is 616 g/mol. The average Bonchev–Trinajstić information content (AvgIpc) is 3.54. The van der Waals surface area contributed by atoms with Crippen LogP contribution in [0, 0.1) is 0 Å². The molecule has 0 spiro atoms. The molecule has 1 aromatic rings. The second kappa shape index (κ2) is 18.7. The zero-order valence-corrected chi connectivity index (χ0v) is 29.9. The number of nitrogens with zero attached hydrogens (tertiary/aromatic N) is 5. The third-order valence-corrected chi connectivity index (χ3v) is 8.56. The molecule has 46 heavy (non-hydrogen) atoms. The zero-order valence-electron chi connectivity index (χ0n) is 29.1. The lowest BCUT2D eigenvalue weighted by atomic mass is 10.0. The van der Waals surface area contributed by atoms with Crippen LogP contribution in [0.25, 0.3) is 0 Å². The molecule has 3 heterocycles. The van der Waals surface area contributed by atoms with Gasteiger partial charge < -0.3 is 28.4 Å². The quantitative estimate of drug-likeness (QED) is 0.120. The van der Waals surface area contributed by atoms with E-state index in [1.807, 2.05) is 0 Å². The van der Waals surface area contributed by atoms with Gasteiger partial charge in [-0.3, -0.25) is 0 Å². The van der Waals surface area contributed by atoms with Crippen LogP contribution in [-0.4, -0.2) is 101 Å². The lowest BCUT2D eigenvalue weighted by Gasteiger charge is -2.39. The normalized spacial score (nSPS) is 18.4. The number of urea groups is 1. The highest BCUT2D eigenvalue weighted by Gasteiger charge is 2.48. The number of amides is 3. The van der Waals surface area contributed by atoms with Gasteiger partial charge in [0.2, 0.25) is 22.2 Å². The van der Waals surface area contributed by atoms with Gasteiger partial charge in [0.05, 0.1) is 32.2 Å². The van der Waals surface area contributed by atoms with E-state index < -0.39 is 40.2 Å². The summed E-state index contributed by atoms with van der Waals surface area (Å²) in [6.07, 6.45) is 11.6. The maximum absolute atomic E-state index is 12.4. The van der Waals surface area contributed by atoms with Gasteiger partial charge in [-0.2, -0.15) is 9.35 Å². The van der Waals surface area contributed by atoms with Crippen LogP contribution in [0.3, 0.4) is 0 Å². The summed E-state index contributed by atoms with van der Waals surface area (Å²) in [5.41, 5.74) is -0.605. The first-order valence-corrected chi connectivity index (χ1v) is 18.4. The SMILES string of the molecule is CC(C)(C)OC(=O)NCCc1nnc([C@@H]2CC[C@@H]3CN2C(=O)N3OS(=O)(=O)[O-])o1.CCCC[N+](CCCC)(CCCC)CCCC. The summed E-state index contributed by atoms with van der Waals surface area (Å²) in [5.74, 6) is 0.455. The van der Waals surface area contributed by atoms with Crippen molar-refractivity contribution in [1.82, 2.24) is 25.5 Å². The summed E-state index contributed by atoms with van der Waals surface area (Å²) in [6, 6.07) is -1.84. The number of hydrogen-bond donors (Lipinski definition) is 1. The number of alkyl carbamates (subject to hydrolysis) is 1. The number of carbonyl (C=O) groups excluding carboxylic acids is 2. The summed E-state index contributed by atoms with van der Waals surface area (Å²) in [7, 11) is -5.05. The second-order valence-electron chi connectivity index (χ2n) is 13.4. The van der Waals surface area contributed by atoms with Crippen molar-refractivity contribution in [2.24, 2.45) is 0 Å². The average molecular weight is 675 g/mol. The topological polar surface area (TPSA) is 167 Å². The molecule has 0 unspecified atom stereocenters. The van der Waals surface area contributed by atoms with Crippen molar-refractivity contribution in [3.63, 3.8) is 0 Å². The van der Waals surface area contributed by atoms with Crippen LogP contribution in [0.5, 0.6) is 0 Å². The van der Waals surface area contributed by atoms with Gasteiger partial charge in [-0.1, -0.05) is 53.4 Å². The molecule has 266 valence electrons. The van der Waals surface area contributed by atoms with Crippen molar-refractivity contribution in [3.8, 4) is 0 Å². The fourth-order valence-electron chi connectivity index (χ4n) is 5.82. The van der Waals surface area contributed by atoms with Crippen molar-refractivity contribution in [2.75, 3.05) is 39.3 Å². The summed E-state index contributed by atoms with van der Waals surface area (Å²) in [6.45, 7) is 20.7. The molecule has 2 aliphatic rings. The highest BCUT2D eigenvalue weighted by atomic mass is 32.3. The van der Waals surface area contributed by atoms with Gasteiger partial charge in [0.15, 0.2) is 0 Å². The Morgan fingerprint density at radius 1 is 0.978 bits per heavy atom. The number of fused-ring (bicyclic) bond motifs is 2. The molecular formula is C31H58N6O8S. The Kier molecular flexibility index (Phi) is 16.2. The minimum Gasteiger partial charge on any atom is -0.724 e. The molecule has 2 atom stereocenters. The highest BCUT2D eigenvalue weighted by Crippen LogP contribution is 2.38. The Labute approximate surface area is 276 Å². The predicted octanol–water partition coefficient (Wildman–Crippen LogP) is 5.47. The van der Waals surface area contributed by atoms with Crippen molar-refractivity contribution < 1.29 is 40.5 Å². The van der Waals surface area contributed by atoms with E-state index in [4.69, 9.17) is 9.15 Å². The van der Waals surface area contributed by atoms with Crippen LogP contribution >= 0.6 is 0 Å². The number of nitrogens with one attached hydrogen (secondary N) is 1. The van der Waals surface area contributed by atoms with Crippen molar-refractivity contribution in [2.45, 2.75) is 137 Å². The molecule has 1 aromatic heterocycles. The molecule has 0 aromatic carbocycles. The Morgan fingerprint density at radius 3 is 2.00 bits per heavy atom. The van der Waals surface area contributed by atoms with E-state index in [0.717, 1.165) is 0 Å². The van der Waals surface area contributed by atoms with Gasteiger partial charge in [0.25, 0.3) is 0 Å². The molecule has 1 N–H and O–H groups in total. The number of hydrogen-bond acceptors (Lipinski definition) is 10. The van der Waals surface area contributed by atoms with Crippen LogP contribution in [-0.2, 0) is 25.8 Å². The van der Waals surface area contributed by atoms with E-state index in [1.165, 1.54) is 86.9 Å². The lowest BCUT2D eigenvalue weighted by molar-refractivity contribution is -0.929. The van der Waals surface area contributed by atoms with E-state index in [9.17, 15) is 22.6 Å². The molecule has 15 heteroatoms. The molecule has 0 saturated carbocycles. The van der Waals surface area contributed by atoms with Gasteiger partial charge in [-0.15, -0.1) is 10.2 Å². The minimum atomic E-state index is -5.05. The number of aromatic nitrogens is 2. The van der Waals surface area contributed by atoms with Gasteiger partial charge in [-0.05, 0) is 59.3 Å². The summed E-state index contributed by atoms with van der Waals surface area (Å²) < 4.78 is 48.9. The van der Waals surface area contributed by atoms with E-state index in [-0.39, 0.29) is 31.3 Å². The molecule has 0 aliphatic carbocycles. The lowest BCUT2D eigenvalue weighted by Crippen LogP contribution is -2.50. The van der Waals surface area contributed by atoms with Crippen LogP contribution in [0.4, 0.5) is 9.59 Å². The van der Waals surface area contributed by atoms with Gasteiger partial charge in [-0.25, -0.2) is 18.0 Å². The standard InChI is InChI=1S/C16H36N.C15H23N5O8S/c1-5-9-13-17(14-10-6-2,15-11-7-3)16-12-8-4;1-15(2,3)27-13(21)16-7-6-11-17-18-12(26-11)10-5-4-9-8-19(10)14(22)20(9)28-29(23,24)25/h5-16H2,1-4H3;9-10H,4-8H2,1-3H3,(H,16,21)(H,23,24,25)/q+1;/p-1/t;9-,10+/m.1/s1. The maximum Gasteiger partial charge on any atom is 0.407 e. The monoisotopic (exact) mass is 674 g/mol. The van der Waals surface area contributed by atoms with E-state index in [2.05, 4.69) is 47.5 Å². The number of carbonyl (C=O) groups is 2. The largest absolute Gasteiger partial charge is 0.724 e. The smallest absolute Gasteiger partial charge is 0.407 e. The minimum absolute atomic E-state index is 0.178. The molecule has 3 rings (SSSR count). The second-order valence-corrected chi connectivity index (χ2v) is 14.3. The number of quaternary nitrogens is 1. The maximum atomic E-state index is 12.4. The molecule has 2 fully saturated rings. The van der Waals surface area contributed by atoms with Crippen molar-refractivity contribution in [3.05, 3.63) is 11.8 Å². The van der Waals surface area contributed by atoms with Crippen LogP contribution in [0.1, 0.15) is 130 Å². The summed E-state index contributed by atoms with van der Waals surface area (Å²) >= 11 is 0. The van der Waals surface area contributed by atoms with E-state index in [0.29, 0.717) is 17.9 Å². The fraction of sp³-hybridized carbons (Fsp3) is 0.871. The third kappa shape index (κ3) is 13.3. The highest BCUT2D eigenvalue weighted by molar-refractivity contribution is 7.80. The Bertz CT molecular complexity index is 1130. The van der Waals surface area contributed by atoms with Crippen LogP contribution in [0.2, 0.25) is 0 Å². The van der Waals surface area contributed by atoms with Gasteiger partial charge >= 0.3 is 12.1 Å². The summed E-state index contributed by atoms with van der Waals surface area (Å²) in [5, 5.41) is 11.0. The first-order chi connectivity index (χ1) is 21.7. The Balaban J connectivity index is 0.000000372. The molecule has 2 aliphatic heterocycles. The van der Waals surface area contributed by atoms with Crippen molar-refractivity contribution >= 4 is 22.5 Å². The summed E-state index contributed by atoms with van der Waals surface area (Å²) in [4.78, 5) is 25.3. The number of hydroxylamine groups is 2. The molecule has 3 amide bonds. The van der Waals surface area contributed by atoms with E-state index >= 15 is 0 Å². The first kappa shape index (κ1) is 39.7. The van der Waals surface area contributed by atoms with Gasteiger partial charge in [0.1, 0.15) is 11.6 Å². The Morgan fingerprint density at radius 2 is 1.52 bits per heavy atom. The molecule has 0 radical (unpaired) electrons. The molecule has 14 nitrogen and oxygen atoms in total. The third-order valence-electron chi connectivity index (χ3n) is 8.21.